The Morgan fingerprint density at radius 3 is 2.61 bits per heavy atom. The highest BCUT2D eigenvalue weighted by Crippen LogP contribution is 2.24. The number of aromatic nitrogens is 4. The Bertz CT molecular complexity index is 543. The van der Waals surface area contributed by atoms with Crippen LogP contribution in [0.4, 0.5) is 0 Å². The fourth-order valence-corrected chi connectivity index (χ4v) is 2.30. The van der Waals surface area contributed by atoms with Gasteiger partial charge in [0.15, 0.2) is 0 Å². The van der Waals surface area contributed by atoms with Crippen molar-refractivity contribution in [2.75, 3.05) is 7.05 Å². The van der Waals surface area contributed by atoms with Crippen molar-refractivity contribution in [2.24, 2.45) is 14.1 Å². The standard InChI is InChI=1S/C12H18ClN5/c1-8-12(13)11(18(4)16-8)5-9(14-2)10-6-17(3)7-15-10/h6-7,9,14H,5H2,1-4H3. The monoisotopic (exact) mass is 267 g/mol. The van der Waals surface area contributed by atoms with E-state index in [0.29, 0.717) is 0 Å². The van der Waals surface area contributed by atoms with E-state index in [1.165, 1.54) is 0 Å². The summed E-state index contributed by atoms with van der Waals surface area (Å²) in [6, 6.07) is 0.138. The number of rotatable bonds is 4. The Hall–Kier alpha value is -1.33. The molecule has 1 N–H and O–H groups in total. The van der Waals surface area contributed by atoms with Crippen LogP contribution >= 0.6 is 11.6 Å². The lowest BCUT2D eigenvalue weighted by Gasteiger charge is -2.14. The van der Waals surface area contributed by atoms with Crippen LogP contribution in [-0.2, 0) is 20.5 Å². The van der Waals surface area contributed by atoms with Gasteiger partial charge in [-0.15, -0.1) is 0 Å². The maximum absolute atomic E-state index is 6.27. The maximum atomic E-state index is 6.27. The molecule has 2 aromatic rings. The highest BCUT2D eigenvalue weighted by atomic mass is 35.5. The quantitative estimate of drug-likeness (QED) is 0.916. The van der Waals surface area contributed by atoms with Crippen molar-refractivity contribution in [2.45, 2.75) is 19.4 Å². The number of likely N-dealkylation sites (N-methyl/N-ethyl adjacent to an activating group) is 1. The van der Waals surface area contributed by atoms with E-state index in [-0.39, 0.29) is 6.04 Å². The molecule has 6 heteroatoms. The van der Waals surface area contributed by atoms with Crippen molar-refractivity contribution < 1.29 is 0 Å². The first-order chi connectivity index (χ1) is 8.52. The first kappa shape index (κ1) is 13.1. The van der Waals surface area contributed by atoms with Gasteiger partial charge in [0.1, 0.15) is 0 Å². The molecule has 0 fully saturated rings. The Morgan fingerprint density at radius 2 is 2.17 bits per heavy atom. The molecule has 0 saturated carbocycles. The van der Waals surface area contributed by atoms with Crippen LogP contribution in [-0.4, -0.2) is 26.4 Å². The van der Waals surface area contributed by atoms with Crippen LogP contribution in [0.3, 0.4) is 0 Å². The number of aryl methyl sites for hydroxylation is 3. The Labute approximate surface area is 112 Å². The third-order valence-electron chi connectivity index (χ3n) is 3.09. The van der Waals surface area contributed by atoms with Gasteiger partial charge in [-0.05, 0) is 14.0 Å². The van der Waals surface area contributed by atoms with E-state index in [2.05, 4.69) is 15.4 Å². The van der Waals surface area contributed by atoms with E-state index < -0.39 is 0 Å². The Kier molecular flexibility index (Phi) is 3.73. The second-order valence-electron chi connectivity index (χ2n) is 4.48. The van der Waals surface area contributed by atoms with Crippen LogP contribution in [0.5, 0.6) is 0 Å². The minimum absolute atomic E-state index is 0.138. The molecule has 0 amide bonds. The zero-order valence-electron chi connectivity index (χ0n) is 11.1. The number of nitrogens with one attached hydrogen (secondary N) is 1. The number of hydrogen-bond donors (Lipinski definition) is 1. The highest BCUT2D eigenvalue weighted by Gasteiger charge is 2.18. The Balaban J connectivity index is 2.25. The van der Waals surface area contributed by atoms with E-state index in [4.69, 9.17) is 11.6 Å². The molecule has 0 aliphatic carbocycles. The maximum Gasteiger partial charge on any atom is 0.0947 e. The summed E-state index contributed by atoms with van der Waals surface area (Å²) in [6.45, 7) is 1.92. The van der Waals surface area contributed by atoms with Gasteiger partial charge in [0.05, 0.1) is 34.5 Å². The molecule has 0 aliphatic heterocycles. The second kappa shape index (κ2) is 5.12. The second-order valence-corrected chi connectivity index (χ2v) is 4.86. The first-order valence-corrected chi connectivity index (χ1v) is 6.23. The molecule has 0 aliphatic rings. The van der Waals surface area contributed by atoms with Crippen LogP contribution < -0.4 is 5.32 Å². The molecular formula is C12H18ClN5. The van der Waals surface area contributed by atoms with E-state index in [9.17, 15) is 0 Å². The largest absolute Gasteiger partial charge is 0.340 e. The highest BCUT2D eigenvalue weighted by molar-refractivity contribution is 6.31. The van der Waals surface area contributed by atoms with Crippen molar-refractivity contribution in [1.82, 2.24) is 24.6 Å². The van der Waals surface area contributed by atoms with Gasteiger partial charge < -0.3 is 9.88 Å². The fourth-order valence-electron chi connectivity index (χ4n) is 2.06. The van der Waals surface area contributed by atoms with E-state index >= 15 is 0 Å². The number of nitrogens with zero attached hydrogens (tertiary/aromatic N) is 4. The molecule has 18 heavy (non-hydrogen) atoms. The van der Waals surface area contributed by atoms with Crippen LogP contribution in [0, 0.1) is 6.92 Å². The third-order valence-corrected chi connectivity index (χ3v) is 3.58. The molecule has 2 aromatic heterocycles. The van der Waals surface area contributed by atoms with Crippen LogP contribution in [0.1, 0.15) is 23.1 Å². The van der Waals surface area contributed by atoms with Crippen molar-refractivity contribution in [3.8, 4) is 0 Å². The predicted octanol–water partition coefficient (Wildman–Crippen LogP) is 1.62. The molecule has 0 bridgehead atoms. The minimum Gasteiger partial charge on any atom is -0.340 e. The fraction of sp³-hybridized carbons (Fsp3) is 0.500. The van der Waals surface area contributed by atoms with Gasteiger partial charge in [-0.25, -0.2) is 4.98 Å². The molecule has 0 spiro atoms. The molecule has 2 heterocycles. The van der Waals surface area contributed by atoms with Crippen LogP contribution in [0.25, 0.3) is 0 Å². The molecule has 0 radical (unpaired) electrons. The first-order valence-electron chi connectivity index (χ1n) is 5.86. The summed E-state index contributed by atoms with van der Waals surface area (Å²) in [5.41, 5.74) is 2.90. The van der Waals surface area contributed by atoms with Gasteiger partial charge in [0.25, 0.3) is 0 Å². The SMILES string of the molecule is CNC(Cc1c(Cl)c(C)nn1C)c1cn(C)cn1. The van der Waals surface area contributed by atoms with Crippen molar-refractivity contribution in [3.63, 3.8) is 0 Å². The zero-order chi connectivity index (χ0) is 13.3. The molecule has 0 saturated heterocycles. The van der Waals surface area contributed by atoms with Gasteiger partial charge in [0, 0.05) is 26.7 Å². The Morgan fingerprint density at radius 1 is 1.44 bits per heavy atom. The summed E-state index contributed by atoms with van der Waals surface area (Å²) >= 11 is 6.27. The van der Waals surface area contributed by atoms with Crippen molar-refractivity contribution in [3.05, 3.63) is 34.6 Å². The lowest BCUT2D eigenvalue weighted by atomic mass is 10.1. The minimum atomic E-state index is 0.138. The summed E-state index contributed by atoms with van der Waals surface area (Å²) in [5.74, 6) is 0. The van der Waals surface area contributed by atoms with Gasteiger partial charge in [-0.3, -0.25) is 4.68 Å². The normalized spacial score (nSPS) is 12.9. The van der Waals surface area contributed by atoms with Crippen molar-refractivity contribution >= 4 is 11.6 Å². The molecule has 0 aromatic carbocycles. The average molecular weight is 268 g/mol. The summed E-state index contributed by atoms with van der Waals surface area (Å²) in [5, 5.41) is 8.34. The van der Waals surface area contributed by atoms with Crippen molar-refractivity contribution in [1.29, 1.82) is 0 Å². The summed E-state index contributed by atoms with van der Waals surface area (Å²) in [6.07, 6.45) is 4.58. The molecule has 1 atom stereocenters. The van der Waals surface area contributed by atoms with E-state index in [1.54, 1.807) is 6.33 Å². The summed E-state index contributed by atoms with van der Waals surface area (Å²) in [4.78, 5) is 4.38. The molecule has 5 nitrogen and oxygen atoms in total. The van der Waals surface area contributed by atoms with Crippen LogP contribution in [0.15, 0.2) is 12.5 Å². The van der Waals surface area contributed by atoms with Gasteiger partial charge >= 0.3 is 0 Å². The predicted molar refractivity (Wildman–Crippen MR) is 71.7 cm³/mol. The van der Waals surface area contributed by atoms with Gasteiger partial charge in [-0.2, -0.15) is 5.10 Å². The summed E-state index contributed by atoms with van der Waals surface area (Å²) < 4.78 is 3.78. The average Bonchev–Trinajstić information content (AvgIpc) is 2.84. The van der Waals surface area contributed by atoms with E-state index in [1.807, 2.05) is 43.5 Å². The lowest BCUT2D eigenvalue weighted by Crippen LogP contribution is -2.20. The number of halogens is 1. The molecule has 2 rings (SSSR count). The smallest absolute Gasteiger partial charge is 0.0947 e. The third kappa shape index (κ3) is 2.42. The van der Waals surface area contributed by atoms with Gasteiger partial charge in [0.2, 0.25) is 0 Å². The molecule has 1 unspecified atom stereocenters. The van der Waals surface area contributed by atoms with Gasteiger partial charge in [-0.1, -0.05) is 11.6 Å². The number of imidazole rings is 1. The molecular weight excluding hydrogens is 250 g/mol. The topological polar surface area (TPSA) is 47.7 Å². The molecule has 98 valence electrons. The van der Waals surface area contributed by atoms with Crippen LogP contribution in [0.2, 0.25) is 5.02 Å². The number of hydrogen-bond acceptors (Lipinski definition) is 3. The lowest BCUT2D eigenvalue weighted by molar-refractivity contribution is 0.550. The zero-order valence-corrected chi connectivity index (χ0v) is 11.9. The summed E-state index contributed by atoms with van der Waals surface area (Å²) in [7, 11) is 5.81. The van der Waals surface area contributed by atoms with E-state index in [0.717, 1.165) is 28.5 Å².